The lowest BCUT2D eigenvalue weighted by Gasteiger charge is -2.20. The predicted octanol–water partition coefficient (Wildman–Crippen LogP) is 1.90. The van der Waals surface area contributed by atoms with Crippen molar-refractivity contribution in [2.45, 2.75) is 33.1 Å². The van der Waals surface area contributed by atoms with E-state index in [2.05, 4.69) is 38.7 Å². The summed E-state index contributed by atoms with van der Waals surface area (Å²) in [5, 5.41) is 3.56. The van der Waals surface area contributed by atoms with Crippen molar-refractivity contribution in [1.82, 2.24) is 5.32 Å². The predicted molar refractivity (Wildman–Crippen MR) is 45.9 cm³/mol. The maximum absolute atomic E-state index is 4.20. The van der Waals surface area contributed by atoms with Gasteiger partial charge in [0.25, 0.3) is 0 Å². The lowest BCUT2D eigenvalue weighted by Crippen LogP contribution is -2.30. The first-order valence-electron chi connectivity index (χ1n) is 3.33. The van der Waals surface area contributed by atoms with Gasteiger partial charge in [-0.05, 0) is 12.3 Å². The van der Waals surface area contributed by atoms with Crippen molar-refractivity contribution in [3.63, 3.8) is 0 Å². The molecule has 0 fully saturated rings. The molecule has 56 valence electrons. The van der Waals surface area contributed by atoms with Gasteiger partial charge in [-0.2, -0.15) is 12.6 Å². The van der Waals surface area contributed by atoms with E-state index >= 15 is 0 Å². The van der Waals surface area contributed by atoms with E-state index in [4.69, 9.17) is 0 Å². The van der Waals surface area contributed by atoms with Gasteiger partial charge in [0, 0.05) is 11.9 Å². The van der Waals surface area contributed by atoms with Gasteiger partial charge in [-0.3, -0.25) is 0 Å². The second-order valence-corrected chi connectivity index (χ2v) is 4.39. The third kappa shape index (κ3) is 8.31. The molecule has 0 aliphatic carbocycles. The summed E-state index contributed by atoms with van der Waals surface area (Å²) in [6.45, 7) is 9.68. The van der Waals surface area contributed by atoms with E-state index in [-0.39, 0.29) is 0 Å². The Hall–Kier alpha value is 0.310. The Morgan fingerprint density at radius 1 is 1.44 bits per heavy atom. The number of nitrogens with one attached hydrogen (secondary N) is 1. The Morgan fingerprint density at radius 2 is 1.89 bits per heavy atom. The van der Waals surface area contributed by atoms with E-state index in [0.29, 0.717) is 10.8 Å². The Morgan fingerprint density at radius 3 is 2.00 bits per heavy atom. The Kier molecular flexibility index (Phi) is 3.59. The lowest BCUT2D eigenvalue weighted by atomic mass is 9.97. The molecule has 0 bridgehead atoms. The van der Waals surface area contributed by atoms with Crippen molar-refractivity contribution >= 4 is 12.6 Å². The maximum Gasteiger partial charge on any atom is 0.0473 e. The van der Waals surface area contributed by atoms with Crippen LogP contribution in [0, 0.1) is 5.41 Å². The Balaban J connectivity index is 3.28. The molecule has 1 nitrogen and oxygen atoms in total. The van der Waals surface area contributed by atoms with Crippen LogP contribution >= 0.6 is 12.6 Å². The van der Waals surface area contributed by atoms with Crippen LogP contribution in [-0.4, -0.2) is 11.9 Å². The fourth-order valence-corrected chi connectivity index (χ4v) is 0.545. The minimum Gasteiger partial charge on any atom is -0.305 e. The second-order valence-electron chi connectivity index (χ2n) is 3.62. The fraction of sp³-hybridized carbons (Fsp3) is 1.00. The van der Waals surface area contributed by atoms with Crippen LogP contribution in [0.5, 0.6) is 0 Å². The van der Waals surface area contributed by atoms with E-state index in [0.717, 1.165) is 6.54 Å². The van der Waals surface area contributed by atoms with Crippen LogP contribution in [0.4, 0.5) is 0 Å². The maximum atomic E-state index is 4.20. The smallest absolute Gasteiger partial charge is 0.0473 e. The molecule has 0 aliphatic rings. The summed E-state index contributed by atoms with van der Waals surface area (Å²) < 4.78 is 0. The molecule has 0 rings (SSSR count). The third-order valence-electron chi connectivity index (χ3n) is 0.928. The topological polar surface area (TPSA) is 12.0 Å². The molecular weight excluding hydrogens is 130 g/mol. The summed E-state index contributed by atoms with van der Waals surface area (Å²) in [6.07, 6.45) is 0. The van der Waals surface area contributed by atoms with Crippen LogP contribution in [0.25, 0.3) is 0 Å². The van der Waals surface area contributed by atoms with Gasteiger partial charge in [-0.1, -0.05) is 20.8 Å². The van der Waals surface area contributed by atoms with Gasteiger partial charge in [0.2, 0.25) is 0 Å². The lowest BCUT2D eigenvalue weighted by molar-refractivity contribution is 0.380. The summed E-state index contributed by atoms with van der Waals surface area (Å²) >= 11 is 4.20. The van der Waals surface area contributed by atoms with Crippen LogP contribution in [0.15, 0.2) is 0 Å². The number of hydrogen-bond acceptors (Lipinski definition) is 2. The molecular formula is C7H17NS. The molecule has 9 heavy (non-hydrogen) atoms. The molecule has 2 heteroatoms. The molecule has 0 heterocycles. The third-order valence-corrected chi connectivity index (χ3v) is 1.11. The van der Waals surface area contributed by atoms with Crippen molar-refractivity contribution in [1.29, 1.82) is 0 Å². The van der Waals surface area contributed by atoms with E-state index in [1.807, 2.05) is 6.92 Å². The Bertz CT molecular complexity index is 73.5. The van der Waals surface area contributed by atoms with Crippen LogP contribution < -0.4 is 5.32 Å². The van der Waals surface area contributed by atoms with Gasteiger partial charge in [0.05, 0.1) is 0 Å². The average molecular weight is 147 g/mol. The zero-order valence-corrected chi connectivity index (χ0v) is 7.63. The van der Waals surface area contributed by atoms with Crippen LogP contribution in [0.1, 0.15) is 27.7 Å². The normalized spacial score (nSPS) is 15.7. The zero-order chi connectivity index (χ0) is 7.49. The molecule has 0 aromatic heterocycles. The number of rotatable bonds is 2. The first kappa shape index (κ1) is 9.31. The SMILES string of the molecule is CC(S)NCC(C)(C)C. The summed E-state index contributed by atoms with van der Waals surface area (Å²) in [6, 6.07) is 0. The Labute approximate surface area is 63.6 Å². The fourth-order valence-electron chi connectivity index (χ4n) is 0.454. The highest BCUT2D eigenvalue weighted by molar-refractivity contribution is 7.80. The summed E-state index contributed by atoms with van der Waals surface area (Å²) in [4.78, 5) is 0. The molecule has 0 aromatic rings. The van der Waals surface area contributed by atoms with E-state index < -0.39 is 0 Å². The summed E-state index contributed by atoms with van der Waals surface area (Å²) in [5.41, 5.74) is 0.372. The van der Waals surface area contributed by atoms with Crippen molar-refractivity contribution in [3.05, 3.63) is 0 Å². The van der Waals surface area contributed by atoms with Crippen LogP contribution in [-0.2, 0) is 0 Å². The van der Waals surface area contributed by atoms with Gasteiger partial charge in [0.15, 0.2) is 0 Å². The monoisotopic (exact) mass is 147 g/mol. The largest absolute Gasteiger partial charge is 0.305 e. The highest BCUT2D eigenvalue weighted by Crippen LogP contribution is 2.10. The second kappa shape index (κ2) is 3.47. The van der Waals surface area contributed by atoms with E-state index in [1.165, 1.54) is 0 Å². The van der Waals surface area contributed by atoms with Gasteiger partial charge in [-0.25, -0.2) is 0 Å². The van der Waals surface area contributed by atoms with Crippen molar-refractivity contribution in [2.24, 2.45) is 5.41 Å². The molecule has 1 atom stereocenters. The van der Waals surface area contributed by atoms with Crippen LogP contribution in [0.3, 0.4) is 0 Å². The number of hydrogen-bond donors (Lipinski definition) is 2. The van der Waals surface area contributed by atoms with Crippen LogP contribution in [0.2, 0.25) is 0 Å². The first-order valence-corrected chi connectivity index (χ1v) is 3.85. The zero-order valence-electron chi connectivity index (χ0n) is 6.73. The van der Waals surface area contributed by atoms with Crippen molar-refractivity contribution in [3.8, 4) is 0 Å². The van der Waals surface area contributed by atoms with Crippen molar-refractivity contribution < 1.29 is 0 Å². The molecule has 0 aromatic carbocycles. The highest BCUT2D eigenvalue weighted by Gasteiger charge is 2.09. The number of thiol groups is 1. The van der Waals surface area contributed by atoms with Gasteiger partial charge in [-0.15, -0.1) is 0 Å². The van der Waals surface area contributed by atoms with Gasteiger partial charge < -0.3 is 5.32 Å². The van der Waals surface area contributed by atoms with E-state index in [1.54, 1.807) is 0 Å². The minimum atomic E-state index is 0.309. The van der Waals surface area contributed by atoms with Gasteiger partial charge >= 0.3 is 0 Å². The molecule has 0 spiro atoms. The standard InChI is InChI=1S/C7H17NS/c1-6(9)8-5-7(2,3)4/h6,8-9H,5H2,1-4H3. The molecule has 0 aliphatic heterocycles. The highest BCUT2D eigenvalue weighted by atomic mass is 32.1. The van der Waals surface area contributed by atoms with E-state index in [9.17, 15) is 0 Å². The molecule has 1 unspecified atom stereocenters. The molecule has 1 N–H and O–H groups in total. The molecule has 0 amide bonds. The first-order chi connectivity index (χ1) is 3.92. The van der Waals surface area contributed by atoms with Crippen molar-refractivity contribution in [2.75, 3.05) is 6.54 Å². The average Bonchev–Trinajstić information content (AvgIpc) is 1.59. The summed E-state index contributed by atoms with van der Waals surface area (Å²) in [5.74, 6) is 0. The molecule has 0 radical (unpaired) electrons. The van der Waals surface area contributed by atoms with Gasteiger partial charge in [0.1, 0.15) is 0 Å². The quantitative estimate of drug-likeness (QED) is 0.449. The minimum absolute atomic E-state index is 0.309. The molecule has 0 saturated carbocycles. The molecule has 0 saturated heterocycles. The summed E-state index contributed by atoms with van der Waals surface area (Å²) in [7, 11) is 0.